The lowest BCUT2D eigenvalue weighted by atomic mass is 10.0. The maximum atomic E-state index is 12.2. The van der Waals surface area contributed by atoms with E-state index in [0.717, 1.165) is 16.7 Å². The zero-order valence-corrected chi connectivity index (χ0v) is 9.76. The van der Waals surface area contributed by atoms with Crippen molar-refractivity contribution in [2.45, 2.75) is 6.92 Å². The second-order valence-corrected chi connectivity index (χ2v) is 3.82. The smallest absolute Gasteiger partial charge is 0.193 e. The van der Waals surface area contributed by atoms with Gasteiger partial charge in [-0.3, -0.25) is 4.79 Å². The minimum atomic E-state index is 0.0666. The fraction of sp³-hybridized carbons (Fsp3) is 0.0625. The molecule has 0 unspecified atom stereocenters. The van der Waals surface area contributed by atoms with Crippen LogP contribution in [0.25, 0.3) is 6.08 Å². The van der Waals surface area contributed by atoms with Gasteiger partial charge in [0.25, 0.3) is 0 Å². The first kappa shape index (κ1) is 11.3. The number of carbonyl (C=O) groups is 1. The zero-order chi connectivity index (χ0) is 12.1. The van der Waals surface area contributed by atoms with Crippen molar-refractivity contribution in [2.75, 3.05) is 0 Å². The molecule has 0 aliphatic rings. The molecule has 17 heavy (non-hydrogen) atoms. The Morgan fingerprint density at radius 2 is 1.65 bits per heavy atom. The van der Waals surface area contributed by atoms with E-state index in [4.69, 9.17) is 0 Å². The topological polar surface area (TPSA) is 17.1 Å². The van der Waals surface area contributed by atoms with Crippen LogP contribution in [-0.2, 0) is 0 Å². The third-order valence-corrected chi connectivity index (χ3v) is 2.54. The molecule has 1 nitrogen and oxygen atoms in total. The fourth-order valence-corrected chi connectivity index (χ4v) is 1.73. The van der Waals surface area contributed by atoms with Gasteiger partial charge in [0, 0.05) is 11.1 Å². The Hall–Kier alpha value is -2.15. The summed E-state index contributed by atoms with van der Waals surface area (Å²) in [5.74, 6) is 0.0666. The highest BCUT2D eigenvalue weighted by atomic mass is 16.1. The van der Waals surface area contributed by atoms with Crippen LogP contribution in [0.15, 0.2) is 60.7 Å². The molecular weight excluding hydrogens is 208 g/mol. The standard InChI is InChI=1S/C16H14O/c1-2-7-13-8-6-11-15(12-13)16(17)14-9-4-3-5-10-14/h2-12H,1H3. The Kier molecular flexibility index (Phi) is 3.51. The predicted molar refractivity (Wildman–Crippen MR) is 71.0 cm³/mol. The van der Waals surface area contributed by atoms with E-state index in [1.54, 1.807) is 0 Å². The fourth-order valence-electron chi connectivity index (χ4n) is 1.73. The predicted octanol–water partition coefficient (Wildman–Crippen LogP) is 3.95. The van der Waals surface area contributed by atoms with Gasteiger partial charge in [-0.15, -0.1) is 0 Å². The van der Waals surface area contributed by atoms with Crippen molar-refractivity contribution in [1.82, 2.24) is 0 Å². The van der Waals surface area contributed by atoms with Crippen LogP contribution < -0.4 is 0 Å². The lowest BCUT2D eigenvalue weighted by Gasteiger charge is -2.02. The molecule has 0 amide bonds. The summed E-state index contributed by atoms with van der Waals surface area (Å²) in [7, 11) is 0. The van der Waals surface area contributed by atoms with E-state index < -0.39 is 0 Å². The number of hydrogen-bond donors (Lipinski definition) is 0. The molecule has 1 heteroatoms. The molecule has 0 aliphatic carbocycles. The molecule has 0 bridgehead atoms. The van der Waals surface area contributed by atoms with Gasteiger partial charge in [-0.05, 0) is 18.6 Å². The third kappa shape index (κ3) is 2.70. The largest absolute Gasteiger partial charge is 0.289 e. The van der Waals surface area contributed by atoms with E-state index in [1.807, 2.05) is 73.7 Å². The second kappa shape index (κ2) is 5.26. The Labute approximate surface area is 101 Å². The monoisotopic (exact) mass is 222 g/mol. The van der Waals surface area contributed by atoms with Crippen LogP contribution in [0.1, 0.15) is 28.4 Å². The first-order valence-electron chi connectivity index (χ1n) is 5.64. The molecule has 0 fully saturated rings. The molecule has 0 heterocycles. The van der Waals surface area contributed by atoms with Gasteiger partial charge in [-0.25, -0.2) is 0 Å². The summed E-state index contributed by atoms with van der Waals surface area (Å²) >= 11 is 0. The molecule has 0 spiro atoms. The van der Waals surface area contributed by atoms with E-state index in [2.05, 4.69) is 0 Å². The molecule has 84 valence electrons. The van der Waals surface area contributed by atoms with Gasteiger partial charge in [-0.2, -0.15) is 0 Å². The number of hydrogen-bond acceptors (Lipinski definition) is 1. The molecule has 2 aromatic rings. The summed E-state index contributed by atoms with van der Waals surface area (Å²) < 4.78 is 0. The molecule has 0 radical (unpaired) electrons. The van der Waals surface area contributed by atoms with E-state index in [1.165, 1.54) is 0 Å². The number of rotatable bonds is 3. The number of carbonyl (C=O) groups excluding carboxylic acids is 1. The maximum Gasteiger partial charge on any atom is 0.193 e. The van der Waals surface area contributed by atoms with Crippen LogP contribution in [0, 0.1) is 0 Å². The molecular formula is C16H14O. The summed E-state index contributed by atoms with van der Waals surface area (Å²) in [5.41, 5.74) is 2.51. The van der Waals surface area contributed by atoms with Crippen molar-refractivity contribution in [1.29, 1.82) is 0 Å². The van der Waals surface area contributed by atoms with Gasteiger partial charge in [0.2, 0.25) is 0 Å². The van der Waals surface area contributed by atoms with Crippen molar-refractivity contribution < 1.29 is 4.79 Å². The highest BCUT2D eigenvalue weighted by Crippen LogP contribution is 2.12. The zero-order valence-electron chi connectivity index (χ0n) is 9.76. The van der Waals surface area contributed by atoms with Crippen LogP contribution in [-0.4, -0.2) is 5.78 Å². The van der Waals surface area contributed by atoms with Gasteiger partial charge in [0.05, 0.1) is 0 Å². The molecule has 0 aliphatic heterocycles. The summed E-state index contributed by atoms with van der Waals surface area (Å²) in [5, 5.41) is 0. The number of benzene rings is 2. The average molecular weight is 222 g/mol. The van der Waals surface area contributed by atoms with Gasteiger partial charge in [0.15, 0.2) is 5.78 Å². The van der Waals surface area contributed by atoms with Crippen molar-refractivity contribution in [3.05, 3.63) is 77.4 Å². The average Bonchev–Trinajstić information content (AvgIpc) is 2.40. The molecule has 0 aromatic heterocycles. The first-order chi connectivity index (χ1) is 8.31. The SMILES string of the molecule is CC=Cc1cccc(C(=O)c2ccccc2)c1. The van der Waals surface area contributed by atoms with E-state index in [-0.39, 0.29) is 5.78 Å². The normalized spacial score (nSPS) is 10.6. The van der Waals surface area contributed by atoms with Gasteiger partial charge >= 0.3 is 0 Å². The lowest BCUT2D eigenvalue weighted by molar-refractivity contribution is 0.103. The van der Waals surface area contributed by atoms with Crippen LogP contribution >= 0.6 is 0 Å². The van der Waals surface area contributed by atoms with E-state index in [9.17, 15) is 4.79 Å². The lowest BCUT2D eigenvalue weighted by Crippen LogP contribution is -2.00. The van der Waals surface area contributed by atoms with Crippen LogP contribution in [0.5, 0.6) is 0 Å². The van der Waals surface area contributed by atoms with Crippen LogP contribution in [0.4, 0.5) is 0 Å². The molecule has 0 atom stereocenters. The first-order valence-corrected chi connectivity index (χ1v) is 5.64. The third-order valence-electron chi connectivity index (χ3n) is 2.54. The summed E-state index contributed by atoms with van der Waals surface area (Å²) in [6.45, 7) is 1.96. The van der Waals surface area contributed by atoms with Crippen molar-refractivity contribution >= 4 is 11.9 Å². The van der Waals surface area contributed by atoms with Gasteiger partial charge in [0.1, 0.15) is 0 Å². The highest BCUT2D eigenvalue weighted by Gasteiger charge is 2.07. The quantitative estimate of drug-likeness (QED) is 0.718. The van der Waals surface area contributed by atoms with Gasteiger partial charge in [-0.1, -0.05) is 60.7 Å². The maximum absolute atomic E-state index is 12.2. The summed E-state index contributed by atoms with van der Waals surface area (Å²) in [6.07, 6.45) is 3.95. The molecule has 0 saturated carbocycles. The minimum absolute atomic E-state index is 0.0666. The van der Waals surface area contributed by atoms with Crippen molar-refractivity contribution in [2.24, 2.45) is 0 Å². The Bertz CT molecular complexity index is 538. The number of allylic oxidation sites excluding steroid dienone is 1. The van der Waals surface area contributed by atoms with Crippen LogP contribution in [0.2, 0.25) is 0 Å². The minimum Gasteiger partial charge on any atom is -0.289 e. The van der Waals surface area contributed by atoms with E-state index >= 15 is 0 Å². The van der Waals surface area contributed by atoms with Crippen LogP contribution in [0.3, 0.4) is 0 Å². The highest BCUT2D eigenvalue weighted by molar-refractivity contribution is 6.09. The van der Waals surface area contributed by atoms with E-state index in [0.29, 0.717) is 0 Å². The summed E-state index contributed by atoms with van der Waals surface area (Å²) in [4.78, 5) is 12.2. The number of ketones is 1. The van der Waals surface area contributed by atoms with Crippen molar-refractivity contribution in [3.63, 3.8) is 0 Å². The molecule has 2 aromatic carbocycles. The summed E-state index contributed by atoms with van der Waals surface area (Å²) in [6, 6.07) is 17.0. The molecule has 0 saturated heterocycles. The van der Waals surface area contributed by atoms with Gasteiger partial charge < -0.3 is 0 Å². The Morgan fingerprint density at radius 1 is 0.941 bits per heavy atom. The Morgan fingerprint density at radius 3 is 2.35 bits per heavy atom. The Balaban J connectivity index is 2.35. The van der Waals surface area contributed by atoms with Crippen molar-refractivity contribution in [3.8, 4) is 0 Å². The second-order valence-electron chi connectivity index (χ2n) is 3.82. The molecule has 2 rings (SSSR count). The molecule has 0 N–H and O–H groups in total.